The van der Waals surface area contributed by atoms with Gasteiger partial charge in [0.15, 0.2) is 0 Å². The molecule has 0 aliphatic rings. The minimum absolute atomic E-state index is 0. The van der Waals surface area contributed by atoms with Gasteiger partial charge < -0.3 is 56.1 Å². The maximum absolute atomic E-state index is 10.6. The van der Waals surface area contributed by atoms with E-state index in [1.54, 1.807) is 0 Å². The van der Waals surface area contributed by atoms with Crippen molar-refractivity contribution in [3.05, 3.63) is 44.4 Å². The van der Waals surface area contributed by atoms with Crippen molar-refractivity contribution in [3.63, 3.8) is 0 Å². The summed E-state index contributed by atoms with van der Waals surface area (Å²) < 4.78 is 63.5. The van der Waals surface area contributed by atoms with Crippen molar-refractivity contribution in [2.75, 3.05) is 11.5 Å². The van der Waals surface area contributed by atoms with E-state index in [2.05, 4.69) is 0 Å². The van der Waals surface area contributed by atoms with E-state index < -0.39 is 30.0 Å². The topological polar surface area (TPSA) is 369 Å². The molecule has 21 heteroatoms. The van der Waals surface area contributed by atoms with Gasteiger partial charge in [0, 0.05) is 0 Å². The maximum atomic E-state index is 10.6. The molecule has 0 aliphatic heterocycles. The van der Waals surface area contributed by atoms with E-state index in [1.165, 1.54) is 0 Å². The summed E-state index contributed by atoms with van der Waals surface area (Å²) >= 11 is 21.9. The first-order valence-electron chi connectivity index (χ1n) is 6.05. The number of hydrogen-bond donors (Lipinski definition) is 6. The standard InChI is InChI=1S/2C6H5Cl2NO3S.Cu.4H3N.2H2O/c2*7-3-2-6(13(10,11)12)4(8)1-5(3)9;;;;;;;/h2*1-2H,9H2,(H,10,11,12);;4*1H3;2*1H2/q;;+2;;;;;;/p-2. The normalized spacial score (nSPS) is 9.15. The van der Waals surface area contributed by atoms with Crippen molar-refractivity contribution in [3.8, 4) is 0 Å². The third-order valence-corrected chi connectivity index (χ3v) is 5.90. The van der Waals surface area contributed by atoms with E-state index in [0.717, 1.165) is 24.3 Å². The maximum Gasteiger partial charge on any atom is 2.00 e. The van der Waals surface area contributed by atoms with Gasteiger partial charge in [0.05, 0.1) is 41.3 Å². The first kappa shape index (κ1) is 49.4. The van der Waals surface area contributed by atoms with Crippen LogP contribution in [0.3, 0.4) is 0 Å². The number of anilines is 2. The molecule has 0 fully saturated rings. The van der Waals surface area contributed by atoms with Crippen molar-refractivity contribution in [1.82, 2.24) is 24.6 Å². The van der Waals surface area contributed by atoms with Crippen LogP contribution in [0.15, 0.2) is 34.1 Å². The van der Waals surface area contributed by atoms with Gasteiger partial charge in [-0.3, -0.25) is 0 Å². The first-order chi connectivity index (χ1) is 11.6. The molecule has 0 aliphatic carbocycles. The van der Waals surface area contributed by atoms with Gasteiger partial charge in [-0.2, -0.15) is 0 Å². The number of halogens is 4. The molecule has 33 heavy (non-hydrogen) atoms. The van der Waals surface area contributed by atoms with Crippen molar-refractivity contribution >= 4 is 78.0 Å². The zero-order chi connectivity index (χ0) is 20.4. The minimum atomic E-state index is -4.59. The zero-order valence-corrected chi connectivity index (χ0v) is 22.0. The van der Waals surface area contributed by atoms with Crippen LogP contribution >= 0.6 is 46.4 Å². The molecule has 2 rings (SSSR count). The van der Waals surface area contributed by atoms with E-state index in [4.69, 9.17) is 57.9 Å². The van der Waals surface area contributed by atoms with Crippen molar-refractivity contribution in [2.45, 2.75) is 9.79 Å². The molecule has 2 aromatic carbocycles. The average Bonchev–Trinajstić information content (AvgIpc) is 2.45. The first-order valence-corrected chi connectivity index (χ1v) is 10.4. The quantitative estimate of drug-likeness (QED) is 0.154. The van der Waals surface area contributed by atoms with E-state index in [9.17, 15) is 25.9 Å². The molecule has 0 bridgehead atoms. The Bertz CT molecular complexity index is 995. The van der Waals surface area contributed by atoms with Gasteiger partial charge in [0.25, 0.3) is 0 Å². The Morgan fingerprint density at radius 3 is 0.970 bits per heavy atom. The molecular weight excluding hydrogens is 626 g/mol. The van der Waals surface area contributed by atoms with Gasteiger partial charge in [-0.25, -0.2) is 16.8 Å². The number of hydrogen-bond acceptors (Lipinski definition) is 12. The van der Waals surface area contributed by atoms with Crippen LogP contribution in [0.1, 0.15) is 0 Å². The van der Waals surface area contributed by atoms with E-state index in [-0.39, 0.29) is 84.1 Å². The van der Waals surface area contributed by atoms with E-state index >= 15 is 0 Å². The van der Waals surface area contributed by atoms with E-state index in [0.29, 0.717) is 0 Å². The second kappa shape index (κ2) is 18.6. The molecule has 20 N–H and O–H groups in total. The summed E-state index contributed by atoms with van der Waals surface area (Å²) in [5.41, 5.74) is 10.9. The number of rotatable bonds is 2. The SMILES string of the molecule is N.N.N.N.Nc1cc(Cl)c(S(=O)(=O)[O-])cc1Cl.Nc1cc(Cl)c(S(=O)(=O)[O-])cc1Cl.O.O.[Cu+2]. The number of nitrogen functional groups attached to an aromatic ring is 2. The monoisotopic (exact) mass is 647 g/mol. The van der Waals surface area contributed by atoms with Crippen LogP contribution in [0.4, 0.5) is 11.4 Å². The van der Waals surface area contributed by atoms with Crippen molar-refractivity contribution in [2.24, 2.45) is 0 Å². The Hall–Kier alpha value is -0.701. The Labute approximate surface area is 221 Å². The fourth-order valence-electron chi connectivity index (χ4n) is 1.47. The van der Waals surface area contributed by atoms with Gasteiger partial charge in [-0.05, 0) is 24.3 Å². The third-order valence-electron chi connectivity index (χ3n) is 2.64. The predicted octanol–water partition coefficient (Wildman–Crippen LogP) is 1.96. The van der Waals surface area contributed by atoms with Crippen LogP contribution in [0.25, 0.3) is 0 Å². The summed E-state index contributed by atoms with van der Waals surface area (Å²) in [6, 6.07) is 4.10. The van der Waals surface area contributed by atoms with Crippen molar-refractivity contribution < 1.29 is 54.0 Å². The second-order valence-corrected chi connectivity index (χ2v) is 8.84. The molecule has 0 aromatic heterocycles. The van der Waals surface area contributed by atoms with Crippen LogP contribution in [0.2, 0.25) is 20.1 Å². The molecule has 0 amide bonds. The fourth-order valence-corrected chi connectivity index (χ4v) is 3.96. The second-order valence-electron chi connectivity index (χ2n) is 4.52. The molecule has 2 aromatic rings. The van der Waals surface area contributed by atoms with Gasteiger partial charge in [-0.1, -0.05) is 46.4 Å². The van der Waals surface area contributed by atoms with Crippen LogP contribution in [-0.4, -0.2) is 36.9 Å². The predicted molar refractivity (Wildman–Crippen MR) is 125 cm³/mol. The van der Waals surface area contributed by atoms with Gasteiger partial charge in [-0.15, -0.1) is 0 Å². The number of benzene rings is 2. The van der Waals surface area contributed by atoms with Crippen LogP contribution in [-0.2, 0) is 37.3 Å². The molecule has 14 nitrogen and oxygen atoms in total. The molecular formula is C12H24Cl4CuN6O8S2. The molecule has 1 radical (unpaired) electrons. The Kier molecular flexibility index (Phi) is 27.9. The Morgan fingerprint density at radius 2 is 0.788 bits per heavy atom. The zero-order valence-electron chi connectivity index (χ0n) is 16.4. The molecule has 0 spiro atoms. The summed E-state index contributed by atoms with van der Waals surface area (Å²) in [5.74, 6) is 0. The molecule has 0 saturated heterocycles. The molecule has 0 saturated carbocycles. The fraction of sp³-hybridized carbons (Fsp3) is 0. The smallest absolute Gasteiger partial charge is 0.744 e. The van der Waals surface area contributed by atoms with E-state index in [1.807, 2.05) is 0 Å². The summed E-state index contributed by atoms with van der Waals surface area (Å²) in [7, 11) is -9.19. The summed E-state index contributed by atoms with van der Waals surface area (Å²) in [6.45, 7) is 0. The van der Waals surface area contributed by atoms with Gasteiger partial charge in [0.2, 0.25) is 0 Å². The Balaban J connectivity index is -0.0000000676. The van der Waals surface area contributed by atoms with Crippen LogP contribution < -0.4 is 36.1 Å². The van der Waals surface area contributed by atoms with Gasteiger partial charge >= 0.3 is 17.1 Å². The van der Waals surface area contributed by atoms with Gasteiger partial charge in [0.1, 0.15) is 20.2 Å². The minimum Gasteiger partial charge on any atom is -0.744 e. The largest absolute Gasteiger partial charge is 2.00 e. The third kappa shape index (κ3) is 14.3. The molecule has 0 heterocycles. The van der Waals surface area contributed by atoms with Crippen molar-refractivity contribution in [1.29, 1.82) is 0 Å². The van der Waals surface area contributed by atoms with Crippen LogP contribution in [0.5, 0.6) is 0 Å². The summed E-state index contributed by atoms with van der Waals surface area (Å²) in [5, 5.41) is -0.480. The number of nitrogens with two attached hydrogens (primary N) is 2. The van der Waals surface area contributed by atoms with Crippen LogP contribution in [0, 0.1) is 0 Å². The molecule has 201 valence electrons. The summed E-state index contributed by atoms with van der Waals surface area (Å²) in [6.07, 6.45) is 0. The average molecular weight is 650 g/mol. The summed E-state index contributed by atoms with van der Waals surface area (Å²) in [4.78, 5) is -1.12. The molecule has 0 atom stereocenters. The Morgan fingerprint density at radius 1 is 0.576 bits per heavy atom. The molecule has 0 unspecified atom stereocenters.